The summed E-state index contributed by atoms with van der Waals surface area (Å²) in [5.74, 6) is 0.376. The summed E-state index contributed by atoms with van der Waals surface area (Å²) in [6.45, 7) is 4.78. The summed E-state index contributed by atoms with van der Waals surface area (Å²) >= 11 is 0. The van der Waals surface area contributed by atoms with E-state index in [1.165, 1.54) is 12.3 Å². The van der Waals surface area contributed by atoms with Gasteiger partial charge in [0.1, 0.15) is 29.3 Å². The van der Waals surface area contributed by atoms with E-state index in [-0.39, 0.29) is 11.6 Å². The standard InChI is InChI=1S/C20H23N3O3/c1-3-5-19(15-6-8-18(9-7-15)25-11-4-2)22-20(24)16(14-21)13-17-10-12-26-23-17/h6-10,12-13,19H,3-5,11H2,1-2H3,(H,22,24)/b16-13+. The number of nitrogens with zero attached hydrogens (tertiary/aromatic N) is 2. The molecule has 0 aliphatic carbocycles. The summed E-state index contributed by atoms with van der Waals surface area (Å²) in [6.07, 6.45) is 5.41. The van der Waals surface area contributed by atoms with Crippen LogP contribution in [0.2, 0.25) is 0 Å². The zero-order valence-electron chi connectivity index (χ0n) is 15.1. The van der Waals surface area contributed by atoms with Crippen molar-refractivity contribution >= 4 is 12.0 Å². The lowest BCUT2D eigenvalue weighted by molar-refractivity contribution is -0.117. The fourth-order valence-electron chi connectivity index (χ4n) is 2.46. The maximum Gasteiger partial charge on any atom is 0.262 e. The smallest absolute Gasteiger partial charge is 0.262 e. The average molecular weight is 353 g/mol. The van der Waals surface area contributed by atoms with Crippen LogP contribution in [0.4, 0.5) is 0 Å². The molecule has 136 valence electrons. The van der Waals surface area contributed by atoms with Crippen LogP contribution in [0.3, 0.4) is 0 Å². The van der Waals surface area contributed by atoms with Gasteiger partial charge in [0.25, 0.3) is 5.91 Å². The minimum absolute atomic E-state index is 0.0112. The van der Waals surface area contributed by atoms with Crippen molar-refractivity contribution in [1.29, 1.82) is 5.26 Å². The molecule has 0 spiro atoms. The summed E-state index contributed by atoms with van der Waals surface area (Å²) in [4.78, 5) is 12.5. The van der Waals surface area contributed by atoms with Crippen LogP contribution in [0.5, 0.6) is 5.75 Å². The van der Waals surface area contributed by atoms with E-state index in [1.54, 1.807) is 6.07 Å². The highest BCUT2D eigenvalue weighted by atomic mass is 16.5. The number of rotatable bonds is 9. The fourth-order valence-corrected chi connectivity index (χ4v) is 2.46. The number of nitrogens with one attached hydrogen (secondary N) is 1. The Morgan fingerprint density at radius 2 is 2.08 bits per heavy atom. The number of hydrogen-bond donors (Lipinski definition) is 1. The largest absolute Gasteiger partial charge is 0.494 e. The van der Waals surface area contributed by atoms with Crippen molar-refractivity contribution in [3.8, 4) is 11.8 Å². The molecule has 0 bridgehead atoms. The molecular weight excluding hydrogens is 330 g/mol. The Morgan fingerprint density at radius 1 is 1.31 bits per heavy atom. The summed E-state index contributed by atoms with van der Waals surface area (Å²) < 4.78 is 10.3. The lowest BCUT2D eigenvalue weighted by atomic mass is 10.0. The van der Waals surface area contributed by atoms with E-state index in [9.17, 15) is 10.1 Å². The highest BCUT2D eigenvalue weighted by Gasteiger charge is 2.17. The van der Waals surface area contributed by atoms with Gasteiger partial charge >= 0.3 is 0 Å². The van der Waals surface area contributed by atoms with Gasteiger partial charge < -0.3 is 14.6 Å². The Labute approximate surface area is 153 Å². The van der Waals surface area contributed by atoms with Gasteiger partial charge in [0, 0.05) is 6.07 Å². The van der Waals surface area contributed by atoms with Crippen LogP contribution in [0.15, 0.2) is 46.7 Å². The van der Waals surface area contributed by atoms with E-state index in [0.717, 1.165) is 30.6 Å². The molecule has 2 aromatic rings. The molecule has 0 aliphatic heterocycles. The van der Waals surface area contributed by atoms with Crippen LogP contribution < -0.4 is 10.1 Å². The SMILES string of the molecule is CCCOc1ccc(C(CCC)NC(=O)/C(C#N)=C/c2ccon2)cc1. The second-order valence-electron chi connectivity index (χ2n) is 5.83. The first kappa shape index (κ1) is 19.3. The number of carbonyl (C=O) groups excluding carboxylic acids is 1. The third-order valence-electron chi connectivity index (χ3n) is 3.75. The summed E-state index contributed by atoms with van der Waals surface area (Å²) in [5, 5.41) is 15.9. The first-order valence-corrected chi connectivity index (χ1v) is 8.73. The Kier molecular flexibility index (Phi) is 7.44. The maximum atomic E-state index is 12.5. The topological polar surface area (TPSA) is 88.1 Å². The van der Waals surface area contributed by atoms with E-state index in [1.807, 2.05) is 37.3 Å². The average Bonchev–Trinajstić information content (AvgIpc) is 3.17. The van der Waals surface area contributed by atoms with Gasteiger partial charge in [-0.15, -0.1) is 0 Å². The van der Waals surface area contributed by atoms with Gasteiger partial charge in [0.2, 0.25) is 0 Å². The highest BCUT2D eigenvalue weighted by Crippen LogP contribution is 2.22. The molecule has 0 saturated carbocycles. The Balaban J connectivity index is 2.11. The minimum Gasteiger partial charge on any atom is -0.494 e. The molecule has 6 nitrogen and oxygen atoms in total. The van der Waals surface area contributed by atoms with E-state index < -0.39 is 5.91 Å². The number of ether oxygens (including phenoxy) is 1. The van der Waals surface area contributed by atoms with Crippen LogP contribution in [0.25, 0.3) is 6.08 Å². The minimum atomic E-state index is -0.430. The molecule has 1 atom stereocenters. The third kappa shape index (κ3) is 5.49. The predicted octanol–water partition coefficient (Wildman–Crippen LogP) is 4.03. The van der Waals surface area contributed by atoms with Crippen LogP contribution >= 0.6 is 0 Å². The number of aromatic nitrogens is 1. The normalized spacial score (nSPS) is 12.3. The predicted molar refractivity (Wildman–Crippen MR) is 98.1 cm³/mol. The second kappa shape index (κ2) is 10.0. The Hall–Kier alpha value is -3.07. The highest BCUT2D eigenvalue weighted by molar-refractivity contribution is 6.01. The van der Waals surface area contributed by atoms with Gasteiger partial charge in [0.05, 0.1) is 12.6 Å². The number of nitriles is 1. The quantitative estimate of drug-likeness (QED) is 0.543. The zero-order valence-corrected chi connectivity index (χ0v) is 15.1. The van der Waals surface area contributed by atoms with Crippen molar-refractivity contribution in [2.75, 3.05) is 6.61 Å². The molecule has 0 saturated heterocycles. The third-order valence-corrected chi connectivity index (χ3v) is 3.75. The zero-order chi connectivity index (χ0) is 18.8. The Morgan fingerprint density at radius 3 is 2.65 bits per heavy atom. The van der Waals surface area contributed by atoms with Crippen LogP contribution in [-0.4, -0.2) is 17.7 Å². The van der Waals surface area contributed by atoms with E-state index >= 15 is 0 Å². The van der Waals surface area contributed by atoms with Gasteiger partial charge in [0.15, 0.2) is 0 Å². The first-order valence-electron chi connectivity index (χ1n) is 8.73. The van der Waals surface area contributed by atoms with Gasteiger partial charge in [-0.05, 0) is 36.6 Å². The van der Waals surface area contributed by atoms with Gasteiger partial charge in [-0.3, -0.25) is 4.79 Å². The number of amides is 1. The van der Waals surface area contributed by atoms with Crippen LogP contribution in [-0.2, 0) is 4.79 Å². The summed E-state index contributed by atoms with van der Waals surface area (Å²) in [7, 11) is 0. The summed E-state index contributed by atoms with van der Waals surface area (Å²) in [6, 6.07) is 11.0. The van der Waals surface area contributed by atoms with E-state index in [2.05, 4.69) is 17.4 Å². The van der Waals surface area contributed by atoms with Gasteiger partial charge in [-0.2, -0.15) is 5.26 Å². The fraction of sp³-hybridized carbons (Fsp3) is 0.350. The maximum absolute atomic E-state index is 12.5. The molecule has 2 rings (SSSR count). The van der Waals surface area contributed by atoms with Crippen LogP contribution in [0.1, 0.15) is 50.4 Å². The molecule has 1 aromatic carbocycles. The van der Waals surface area contributed by atoms with Crippen molar-refractivity contribution < 1.29 is 14.1 Å². The van der Waals surface area contributed by atoms with Crippen molar-refractivity contribution in [2.24, 2.45) is 0 Å². The molecule has 0 fully saturated rings. The molecule has 0 aliphatic rings. The summed E-state index contributed by atoms with van der Waals surface area (Å²) in [5.41, 5.74) is 1.40. The molecule has 26 heavy (non-hydrogen) atoms. The van der Waals surface area contributed by atoms with Gasteiger partial charge in [-0.25, -0.2) is 0 Å². The molecule has 1 aromatic heterocycles. The monoisotopic (exact) mass is 353 g/mol. The molecule has 1 unspecified atom stereocenters. The van der Waals surface area contributed by atoms with E-state index in [0.29, 0.717) is 12.3 Å². The molecule has 6 heteroatoms. The molecule has 1 heterocycles. The Bertz CT molecular complexity index is 759. The number of benzene rings is 1. The van der Waals surface area contributed by atoms with Crippen molar-refractivity contribution in [3.63, 3.8) is 0 Å². The van der Waals surface area contributed by atoms with Crippen molar-refractivity contribution in [3.05, 3.63) is 53.4 Å². The van der Waals surface area contributed by atoms with E-state index in [4.69, 9.17) is 9.26 Å². The van der Waals surface area contributed by atoms with Gasteiger partial charge in [-0.1, -0.05) is 37.6 Å². The van der Waals surface area contributed by atoms with Crippen molar-refractivity contribution in [2.45, 2.75) is 39.2 Å². The molecule has 1 N–H and O–H groups in total. The molecule has 1 amide bonds. The lowest BCUT2D eigenvalue weighted by Crippen LogP contribution is -2.29. The number of carbonyl (C=O) groups is 1. The molecule has 0 radical (unpaired) electrons. The second-order valence-corrected chi connectivity index (χ2v) is 5.83. The lowest BCUT2D eigenvalue weighted by Gasteiger charge is -2.19. The number of hydrogen-bond acceptors (Lipinski definition) is 5. The van der Waals surface area contributed by atoms with Crippen LogP contribution in [0, 0.1) is 11.3 Å². The molecular formula is C20H23N3O3. The van der Waals surface area contributed by atoms with Crippen molar-refractivity contribution in [1.82, 2.24) is 10.5 Å². The first-order chi connectivity index (χ1) is 12.7.